The van der Waals surface area contributed by atoms with Crippen LogP contribution in [0, 0.1) is 0 Å². The van der Waals surface area contributed by atoms with Crippen molar-refractivity contribution in [1.29, 1.82) is 0 Å². The van der Waals surface area contributed by atoms with Crippen LogP contribution in [0.25, 0.3) is 0 Å². The van der Waals surface area contributed by atoms with Crippen LogP contribution in [-0.2, 0) is 16.1 Å². The molecule has 1 fully saturated rings. The summed E-state index contributed by atoms with van der Waals surface area (Å²) < 4.78 is 5.30. The summed E-state index contributed by atoms with van der Waals surface area (Å²) in [6.07, 6.45) is 1.57. The number of ether oxygens (including phenoxy) is 1. The minimum absolute atomic E-state index is 0.00468. The third kappa shape index (κ3) is 5.38. The lowest BCUT2D eigenvalue weighted by atomic mass is 10.1. The summed E-state index contributed by atoms with van der Waals surface area (Å²) in [5.74, 6) is -0.168. The fourth-order valence-electron chi connectivity index (χ4n) is 2.42. The number of hydrogen-bond acceptors (Lipinski definition) is 5. The van der Waals surface area contributed by atoms with E-state index in [-0.39, 0.29) is 12.5 Å². The summed E-state index contributed by atoms with van der Waals surface area (Å²) in [6.45, 7) is 4.44. The third-order valence-corrected chi connectivity index (χ3v) is 3.83. The first kappa shape index (κ1) is 16.9. The van der Waals surface area contributed by atoms with Crippen LogP contribution >= 0.6 is 0 Å². The Morgan fingerprint density at radius 2 is 2.00 bits per heavy atom. The first-order valence-corrected chi connectivity index (χ1v) is 7.75. The highest BCUT2D eigenvalue weighted by atomic mass is 16.5. The number of rotatable bonds is 7. The summed E-state index contributed by atoms with van der Waals surface area (Å²) in [5.41, 5.74) is 7.45. The molecule has 4 N–H and O–H groups in total. The van der Waals surface area contributed by atoms with E-state index in [2.05, 4.69) is 10.2 Å². The minimum Gasteiger partial charge on any atom is -0.392 e. The quantitative estimate of drug-likeness (QED) is 0.685. The van der Waals surface area contributed by atoms with Crippen LogP contribution in [-0.4, -0.2) is 54.8 Å². The first-order valence-electron chi connectivity index (χ1n) is 7.75. The number of hydrogen-bond donors (Lipinski definition) is 3. The van der Waals surface area contributed by atoms with Crippen LogP contribution < -0.4 is 11.1 Å². The average molecular weight is 307 g/mol. The molecule has 0 bridgehead atoms. The number of aliphatic hydroxyl groups is 1. The average Bonchev–Trinajstić information content (AvgIpc) is 2.56. The zero-order chi connectivity index (χ0) is 15.8. The van der Waals surface area contributed by atoms with Crippen molar-refractivity contribution in [3.63, 3.8) is 0 Å². The molecule has 0 aliphatic carbocycles. The van der Waals surface area contributed by atoms with Crippen molar-refractivity contribution in [3.05, 3.63) is 29.8 Å². The van der Waals surface area contributed by atoms with Crippen molar-refractivity contribution >= 4 is 11.6 Å². The van der Waals surface area contributed by atoms with Gasteiger partial charge in [0.05, 0.1) is 25.9 Å². The summed E-state index contributed by atoms with van der Waals surface area (Å²) in [4.78, 5) is 14.4. The molecule has 6 nitrogen and oxygen atoms in total. The van der Waals surface area contributed by atoms with Gasteiger partial charge in [-0.15, -0.1) is 0 Å². The molecule has 1 heterocycles. The van der Waals surface area contributed by atoms with Gasteiger partial charge in [0.15, 0.2) is 0 Å². The molecule has 1 amide bonds. The largest absolute Gasteiger partial charge is 0.392 e. The Morgan fingerprint density at radius 3 is 2.64 bits per heavy atom. The number of nitrogens with one attached hydrogen (secondary N) is 1. The minimum atomic E-state index is -0.501. The normalized spacial score (nSPS) is 17.2. The van der Waals surface area contributed by atoms with Crippen molar-refractivity contribution < 1.29 is 14.6 Å². The van der Waals surface area contributed by atoms with Gasteiger partial charge in [-0.25, -0.2) is 0 Å². The Hall–Kier alpha value is -1.47. The number of benzene rings is 1. The molecule has 1 aliphatic heterocycles. The van der Waals surface area contributed by atoms with Crippen molar-refractivity contribution in [2.45, 2.75) is 25.5 Å². The smallest absolute Gasteiger partial charge is 0.241 e. The number of nitrogens with two attached hydrogens (primary N) is 1. The van der Waals surface area contributed by atoms with Crippen molar-refractivity contribution in [2.75, 3.05) is 38.2 Å². The van der Waals surface area contributed by atoms with Gasteiger partial charge in [-0.05, 0) is 37.1 Å². The fraction of sp³-hybridized carbons (Fsp3) is 0.562. The van der Waals surface area contributed by atoms with Crippen LogP contribution in [0.3, 0.4) is 0 Å². The molecule has 0 spiro atoms. The second-order valence-corrected chi connectivity index (χ2v) is 5.55. The molecular weight excluding hydrogens is 282 g/mol. The van der Waals surface area contributed by atoms with Crippen LogP contribution in [0.4, 0.5) is 5.69 Å². The van der Waals surface area contributed by atoms with Gasteiger partial charge in [-0.3, -0.25) is 9.69 Å². The lowest BCUT2D eigenvalue weighted by Gasteiger charge is -2.26. The molecule has 1 saturated heterocycles. The second kappa shape index (κ2) is 8.85. The zero-order valence-electron chi connectivity index (χ0n) is 12.8. The number of morpholine rings is 1. The predicted octanol–water partition coefficient (Wildman–Crippen LogP) is 0.557. The molecule has 0 radical (unpaired) electrons. The summed E-state index contributed by atoms with van der Waals surface area (Å²) >= 11 is 0. The Balaban J connectivity index is 1.69. The van der Waals surface area contributed by atoms with Crippen LogP contribution in [0.1, 0.15) is 18.4 Å². The highest BCUT2D eigenvalue weighted by Gasteiger charge is 2.15. The summed E-state index contributed by atoms with van der Waals surface area (Å²) in [7, 11) is 0. The molecule has 0 saturated carbocycles. The Morgan fingerprint density at radius 1 is 1.32 bits per heavy atom. The van der Waals surface area contributed by atoms with Crippen molar-refractivity contribution in [2.24, 2.45) is 5.73 Å². The van der Waals surface area contributed by atoms with E-state index in [0.717, 1.165) is 44.8 Å². The molecule has 122 valence electrons. The van der Waals surface area contributed by atoms with Gasteiger partial charge in [0, 0.05) is 18.8 Å². The van der Waals surface area contributed by atoms with Crippen molar-refractivity contribution in [1.82, 2.24) is 4.90 Å². The highest BCUT2D eigenvalue weighted by Crippen LogP contribution is 2.10. The SMILES string of the molecule is NC(CCCN1CCOCC1)C(=O)Nc1ccc(CO)cc1. The number of amides is 1. The van der Waals surface area contributed by atoms with Gasteiger partial charge in [0.2, 0.25) is 5.91 Å². The second-order valence-electron chi connectivity index (χ2n) is 5.55. The number of aliphatic hydroxyl groups excluding tert-OH is 1. The van der Waals surface area contributed by atoms with E-state index >= 15 is 0 Å². The molecule has 1 aliphatic rings. The third-order valence-electron chi connectivity index (χ3n) is 3.83. The molecule has 6 heteroatoms. The van der Waals surface area contributed by atoms with E-state index in [1.54, 1.807) is 24.3 Å². The van der Waals surface area contributed by atoms with Crippen LogP contribution in [0.5, 0.6) is 0 Å². The highest BCUT2D eigenvalue weighted by molar-refractivity contribution is 5.94. The molecule has 1 unspecified atom stereocenters. The standard InChI is InChI=1S/C16H25N3O3/c17-15(2-1-7-19-8-10-22-11-9-19)16(21)18-14-5-3-13(12-20)4-6-14/h3-6,15,20H,1-2,7-12,17H2,(H,18,21). The van der Waals surface area contributed by atoms with Gasteiger partial charge in [-0.1, -0.05) is 12.1 Å². The lowest BCUT2D eigenvalue weighted by molar-refractivity contribution is -0.117. The predicted molar refractivity (Wildman–Crippen MR) is 85.5 cm³/mol. The summed E-state index contributed by atoms with van der Waals surface area (Å²) in [6, 6.07) is 6.59. The van der Waals surface area contributed by atoms with E-state index < -0.39 is 6.04 Å². The van der Waals surface area contributed by atoms with E-state index in [0.29, 0.717) is 12.1 Å². The maximum atomic E-state index is 12.0. The number of nitrogens with zero attached hydrogens (tertiary/aromatic N) is 1. The van der Waals surface area contributed by atoms with Crippen molar-refractivity contribution in [3.8, 4) is 0 Å². The summed E-state index contributed by atoms with van der Waals surface area (Å²) in [5, 5.41) is 11.8. The molecule has 1 aromatic rings. The zero-order valence-corrected chi connectivity index (χ0v) is 12.8. The van der Waals surface area contributed by atoms with Gasteiger partial charge >= 0.3 is 0 Å². The van der Waals surface area contributed by atoms with Gasteiger partial charge < -0.3 is 20.9 Å². The van der Waals surface area contributed by atoms with Gasteiger partial charge in [-0.2, -0.15) is 0 Å². The van der Waals surface area contributed by atoms with Gasteiger partial charge in [0.1, 0.15) is 0 Å². The molecule has 22 heavy (non-hydrogen) atoms. The maximum absolute atomic E-state index is 12.0. The maximum Gasteiger partial charge on any atom is 0.241 e. The van der Waals surface area contributed by atoms with E-state index in [9.17, 15) is 4.79 Å². The number of carbonyl (C=O) groups is 1. The van der Waals surface area contributed by atoms with Crippen LogP contribution in [0.2, 0.25) is 0 Å². The molecule has 0 aromatic heterocycles. The van der Waals surface area contributed by atoms with Gasteiger partial charge in [0.25, 0.3) is 0 Å². The van der Waals surface area contributed by atoms with Crippen LogP contribution in [0.15, 0.2) is 24.3 Å². The topological polar surface area (TPSA) is 87.8 Å². The number of carbonyl (C=O) groups excluding carboxylic acids is 1. The van der Waals surface area contributed by atoms with E-state index in [1.807, 2.05) is 0 Å². The van der Waals surface area contributed by atoms with E-state index in [4.69, 9.17) is 15.6 Å². The Bertz CT molecular complexity index is 458. The molecule has 1 atom stereocenters. The lowest BCUT2D eigenvalue weighted by Crippen LogP contribution is -2.39. The molecule has 1 aromatic carbocycles. The monoisotopic (exact) mass is 307 g/mol. The first-order chi connectivity index (χ1) is 10.7. The Kier molecular flexibility index (Phi) is 6.79. The molecule has 2 rings (SSSR count). The number of anilines is 1. The fourth-order valence-corrected chi connectivity index (χ4v) is 2.42. The molecular formula is C16H25N3O3. The van der Waals surface area contributed by atoms with E-state index in [1.165, 1.54) is 0 Å². The Labute approximate surface area is 131 Å².